The van der Waals surface area contributed by atoms with Crippen LogP contribution in [-0.4, -0.2) is 51.7 Å². The second kappa shape index (κ2) is 8.20. The first-order chi connectivity index (χ1) is 12.9. The van der Waals surface area contributed by atoms with Gasteiger partial charge in [0.1, 0.15) is 13.2 Å². The number of hydrogen-bond donors (Lipinski definition) is 1. The highest BCUT2D eigenvalue weighted by atomic mass is 32.2. The van der Waals surface area contributed by atoms with E-state index in [-0.39, 0.29) is 11.4 Å². The minimum atomic E-state index is -3.75. The van der Waals surface area contributed by atoms with E-state index in [1.165, 1.54) is 30.9 Å². The topological polar surface area (TPSA) is 84.9 Å². The zero-order valence-corrected chi connectivity index (χ0v) is 16.6. The molecule has 144 valence electrons. The molecule has 9 heteroatoms. The lowest BCUT2D eigenvalue weighted by atomic mass is 10.2. The zero-order valence-electron chi connectivity index (χ0n) is 15.0. The lowest BCUT2D eigenvalue weighted by Crippen LogP contribution is -2.35. The Morgan fingerprint density at radius 1 is 1.11 bits per heavy atom. The number of hydrogen-bond acceptors (Lipinski definition) is 6. The lowest BCUT2D eigenvalue weighted by molar-refractivity contribution is -0.116. The first kappa shape index (κ1) is 19.5. The van der Waals surface area contributed by atoms with Gasteiger partial charge in [-0.3, -0.25) is 4.79 Å². The van der Waals surface area contributed by atoms with E-state index in [1.807, 2.05) is 6.26 Å². The lowest BCUT2D eigenvalue weighted by Gasteiger charge is -2.20. The summed E-state index contributed by atoms with van der Waals surface area (Å²) in [5.41, 5.74) is 0.513. The van der Waals surface area contributed by atoms with Gasteiger partial charge in [0.05, 0.1) is 11.4 Å². The van der Waals surface area contributed by atoms with Crippen LogP contribution in [0.5, 0.6) is 11.5 Å². The molecular weight excluding hydrogens is 388 g/mol. The molecule has 7 nitrogen and oxygen atoms in total. The van der Waals surface area contributed by atoms with Gasteiger partial charge in [-0.2, -0.15) is 4.31 Å². The van der Waals surface area contributed by atoms with Gasteiger partial charge in [-0.25, -0.2) is 8.42 Å². The quantitative estimate of drug-likeness (QED) is 0.739. The fourth-order valence-corrected chi connectivity index (χ4v) is 4.07. The molecule has 0 aromatic heterocycles. The molecule has 0 fully saturated rings. The molecule has 2 aromatic carbocycles. The van der Waals surface area contributed by atoms with Crippen LogP contribution in [0.1, 0.15) is 0 Å². The van der Waals surface area contributed by atoms with E-state index in [9.17, 15) is 13.2 Å². The molecule has 0 saturated carbocycles. The normalized spacial score (nSPS) is 13.4. The summed E-state index contributed by atoms with van der Waals surface area (Å²) in [7, 11) is -2.37. The van der Waals surface area contributed by atoms with Crippen molar-refractivity contribution in [1.29, 1.82) is 0 Å². The number of thioether (sulfide) groups is 1. The third kappa shape index (κ3) is 4.55. The predicted octanol–water partition coefficient (Wildman–Crippen LogP) is 2.44. The van der Waals surface area contributed by atoms with E-state index in [4.69, 9.17) is 9.47 Å². The van der Waals surface area contributed by atoms with Gasteiger partial charge in [-0.05, 0) is 42.7 Å². The van der Waals surface area contributed by atoms with Gasteiger partial charge in [-0.1, -0.05) is 0 Å². The molecule has 1 N–H and O–H groups in total. The van der Waals surface area contributed by atoms with Gasteiger partial charge in [0, 0.05) is 23.7 Å². The van der Waals surface area contributed by atoms with Crippen LogP contribution in [-0.2, 0) is 14.8 Å². The summed E-state index contributed by atoms with van der Waals surface area (Å²) in [6.07, 6.45) is 1.91. The summed E-state index contributed by atoms with van der Waals surface area (Å²) in [5, 5.41) is 2.68. The maximum absolute atomic E-state index is 12.6. The van der Waals surface area contributed by atoms with Crippen molar-refractivity contribution < 1.29 is 22.7 Å². The van der Waals surface area contributed by atoms with Crippen molar-refractivity contribution in [3.05, 3.63) is 42.5 Å². The van der Waals surface area contributed by atoms with Gasteiger partial charge >= 0.3 is 0 Å². The van der Waals surface area contributed by atoms with Crippen molar-refractivity contribution in [3.63, 3.8) is 0 Å². The molecule has 0 spiro atoms. The third-order valence-corrected chi connectivity index (χ3v) is 6.52. The van der Waals surface area contributed by atoms with Crippen LogP contribution in [0, 0.1) is 0 Å². The Bertz CT molecular complexity index is 929. The highest BCUT2D eigenvalue weighted by molar-refractivity contribution is 7.98. The number of likely N-dealkylation sites (N-methyl/N-ethyl adjacent to an activating group) is 1. The number of anilines is 1. The first-order valence-corrected chi connectivity index (χ1v) is 10.9. The van der Waals surface area contributed by atoms with Crippen LogP contribution in [0.25, 0.3) is 0 Å². The molecule has 27 heavy (non-hydrogen) atoms. The number of fused-ring (bicyclic) bond motifs is 1. The largest absolute Gasteiger partial charge is 0.486 e. The number of ether oxygens (including phenoxy) is 2. The Hall–Kier alpha value is -2.23. The van der Waals surface area contributed by atoms with Crippen LogP contribution in [0.2, 0.25) is 0 Å². The van der Waals surface area contributed by atoms with Gasteiger partial charge < -0.3 is 14.8 Å². The summed E-state index contributed by atoms with van der Waals surface area (Å²) in [6.45, 7) is 0.626. The van der Waals surface area contributed by atoms with Gasteiger partial charge in [0.15, 0.2) is 11.5 Å². The predicted molar refractivity (Wildman–Crippen MR) is 104 cm³/mol. The molecule has 1 aliphatic heterocycles. The van der Waals surface area contributed by atoms with Gasteiger partial charge in [-0.15, -0.1) is 11.8 Å². The summed E-state index contributed by atoms with van der Waals surface area (Å²) in [6, 6.07) is 11.6. The minimum Gasteiger partial charge on any atom is -0.486 e. The fraction of sp³-hybridized carbons (Fsp3) is 0.278. The number of benzene rings is 2. The van der Waals surface area contributed by atoms with Crippen molar-refractivity contribution in [2.45, 2.75) is 9.79 Å². The second-order valence-corrected chi connectivity index (χ2v) is 8.77. The van der Waals surface area contributed by atoms with Crippen molar-refractivity contribution in [2.24, 2.45) is 0 Å². The van der Waals surface area contributed by atoms with E-state index in [1.54, 1.807) is 30.3 Å². The van der Waals surface area contributed by atoms with Crippen molar-refractivity contribution in [3.8, 4) is 11.5 Å². The monoisotopic (exact) mass is 408 g/mol. The zero-order chi connectivity index (χ0) is 19.4. The number of amides is 1. The highest BCUT2D eigenvalue weighted by Gasteiger charge is 2.23. The SMILES string of the molecule is CSc1ccc(S(=O)(=O)N(C)CC(=O)Nc2ccc3c(c2)OCCO3)cc1. The van der Waals surface area contributed by atoms with Crippen LogP contribution < -0.4 is 14.8 Å². The Balaban J connectivity index is 1.65. The van der Waals surface area contributed by atoms with E-state index in [2.05, 4.69) is 5.32 Å². The molecule has 0 atom stereocenters. The van der Waals surface area contributed by atoms with E-state index in [0.717, 1.165) is 9.20 Å². The fourth-order valence-electron chi connectivity index (χ4n) is 2.54. The average molecular weight is 409 g/mol. The molecule has 0 aliphatic carbocycles. The average Bonchev–Trinajstić information content (AvgIpc) is 2.67. The number of nitrogens with zero attached hydrogens (tertiary/aromatic N) is 1. The third-order valence-electron chi connectivity index (χ3n) is 3.96. The van der Waals surface area contributed by atoms with E-state index >= 15 is 0 Å². The summed E-state index contributed by atoms with van der Waals surface area (Å²) in [5.74, 6) is 0.722. The van der Waals surface area contributed by atoms with Crippen LogP contribution in [0.15, 0.2) is 52.3 Å². The first-order valence-electron chi connectivity index (χ1n) is 8.20. The molecule has 1 heterocycles. The van der Waals surface area contributed by atoms with Crippen molar-refractivity contribution >= 4 is 33.4 Å². The number of carbonyl (C=O) groups is 1. The molecule has 1 amide bonds. The van der Waals surface area contributed by atoms with Crippen molar-refractivity contribution in [1.82, 2.24) is 4.31 Å². The summed E-state index contributed by atoms with van der Waals surface area (Å²) >= 11 is 1.53. The van der Waals surface area contributed by atoms with E-state index in [0.29, 0.717) is 30.4 Å². The van der Waals surface area contributed by atoms with Gasteiger partial charge in [0.2, 0.25) is 15.9 Å². The maximum atomic E-state index is 12.6. The summed E-state index contributed by atoms with van der Waals surface area (Å²) in [4.78, 5) is 13.4. The number of nitrogens with one attached hydrogen (secondary N) is 1. The van der Waals surface area contributed by atoms with E-state index < -0.39 is 15.9 Å². The number of rotatable bonds is 6. The Morgan fingerprint density at radius 2 is 1.78 bits per heavy atom. The van der Waals surface area contributed by atoms with Gasteiger partial charge in [0.25, 0.3) is 0 Å². The number of sulfonamides is 1. The maximum Gasteiger partial charge on any atom is 0.243 e. The van der Waals surface area contributed by atoms with Crippen LogP contribution in [0.4, 0.5) is 5.69 Å². The molecule has 0 saturated heterocycles. The number of carbonyl (C=O) groups excluding carboxylic acids is 1. The second-order valence-electron chi connectivity index (χ2n) is 5.84. The summed E-state index contributed by atoms with van der Waals surface area (Å²) < 4.78 is 37.2. The highest BCUT2D eigenvalue weighted by Crippen LogP contribution is 2.32. The molecule has 0 bridgehead atoms. The molecule has 3 rings (SSSR count). The minimum absolute atomic E-state index is 0.148. The Labute approximate surface area is 162 Å². The Morgan fingerprint density at radius 3 is 2.44 bits per heavy atom. The molecule has 1 aliphatic rings. The smallest absolute Gasteiger partial charge is 0.243 e. The van der Waals surface area contributed by atoms with Crippen molar-refractivity contribution in [2.75, 3.05) is 38.4 Å². The molecule has 0 unspecified atom stereocenters. The van der Waals surface area contributed by atoms with Crippen LogP contribution >= 0.6 is 11.8 Å². The standard InChI is InChI=1S/C18H20N2O5S2/c1-20(27(22,23)15-6-4-14(26-2)5-7-15)12-18(21)19-13-3-8-16-17(11-13)25-10-9-24-16/h3-8,11H,9-10,12H2,1-2H3,(H,19,21). The van der Waals surface area contributed by atoms with Crippen LogP contribution in [0.3, 0.4) is 0 Å². The molecule has 0 radical (unpaired) electrons. The molecular formula is C18H20N2O5S2. The Kier molecular flexibility index (Phi) is 5.93. The molecule has 2 aromatic rings.